The third kappa shape index (κ3) is 21.8. The van der Waals surface area contributed by atoms with Crippen LogP contribution >= 0.6 is 0 Å². The van der Waals surface area contributed by atoms with E-state index in [1.165, 1.54) is 167 Å². The van der Waals surface area contributed by atoms with Gasteiger partial charge < -0.3 is 0 Å². The Morgan fingerprint density at radius 1 is 0.405 bits per heavy atom. The van der Waals surface area contributed by atoms with Gasteiger partial charge in [0, 0.05) is 0 Å². The van der Waals surface area contributed by atoms with E-state index in [4.69, 9.17) is 0 Å². The summed E-state index contributed by atoms with van der Waals surface area (Å²) < 4.78 is 0. The molecule has 0 spiro atoms. The third-order valence-corrected chi connectivity index (χ3v) is 8.75. The zero-order valence-corrected chi connectivity index (χ0v) is 25.9. The van der Waals surface area contributed by atoms with Crippen LogP contribution in [0.25, 0.3) is 0 Å². The molecule has 0 bridgehead atoms. The van der Waals surface area contributed by atoms with Gasteiger partial charge in [-0.2, -0.15) is 0 Å². The summed E-state index contributed by atoms with van der Waals surface area (Å²) in [7, 11) is 0. The lowest BCUT2D eigenvalue weighted by atomic mass is 9.81. The average molecular weight is 513 g/mol. The monoisotopic (exact) mass is 513 g/mol. The van der Waals surface area contributed by atoms with Gasteiger partial charge in [-0.1, -0.05) is 199 Å². The van der Waals surface area contributed by atoms with Crippen LogP contribution in [0.2, 0.25) is 0 Å². The van der Waals surface area contributed by atoms with Crippen molar-refractivity contribution in [3.63, 3.8) is 0 Å². The second-order valence-electron chi connectivity index (χ2n) is 12.4. The van der Waals surface area contributed by atoms with Crippen molar-refractivity contribution in [1.82, 2.24) is 0 Å². The summed E-state index contributed by atoms with van der Waals surface area (Å²) in [6.45, 7) is 6.98. The molecule has 1 aromatic rings. The summed E-state index contributed by atoms with van der Waals surface area (Å²) in [6.07, 6.45) is 37.6. The topological polar surface area (TPSA) is 0 Å². The summed E-state index contributed by atoms with van der Waals surface area (Å²) in [5.41, 5.74) is 1.55. The summed E-state index contributed by atoms with van der Waals surface area (Å²) in [5.74, 6) is 1.91. The lowest BCUT2D eigenvalue weighted by molar-refractivity contribution is 0.287. The first-order valence-corrected chi connectivity index (χ1v) is 17.3. The Bertz CT molecular complexity index is 546. The maximum Gasteiger partial charge on any atom is -0.0276 e. The molecule has 0 aliphatic heterocycles. The van der Waals surface area contributed by atoms with E-state index in [9.17, 15) is 0 Å². The van der Waals surface area contributed by atoms with Crippen LogP contribution in [0, 0.1) is 11.8 Å². The van der Waals surface area contributed by atoms with Crippen molar-refractivity contribution in [3.8, 4) is 0 Å². The van der Waals surface area contributed by atoms with Crippen molar-refractivity contribution in [2.45, 2.75) is 188 Å². The number of hydrogen-bond acceptors (Lipinski definition) is 0. The molecule has 0 heteroatoms. The van der Waals surface area contributed by atoms with Crippen LogP contribution in [0.5, 0.6) is 0 Å². The van der Waals surface area contributed by atoms with Crippen molar-refractivity contribution in [3.05, 3.63) is 35.9 Å². The molecule has 0 saturated carbocycles. The molecule has 1 aromatic carbocycles. The first-order chi connectivity index (χ1) is 18.3. The highest BCUT2D eigenvalue weighted by molar-refractivity contribution is 5.14. The Kier molecular flexibility index (Phi) is 24.8. The van der Waals surface area contributed by atoms with Crippen LogP contribution in [0.3, 0.4) is 0 Å². The molecule has 0 aliphatic carbocycles. The Hall–Kier alpha value is -0.780. The first-order valence-electron chi connectivity index (χ1n) is 17.3. The molecule has 1 rings (SSSR count). The molecule has 0 nitrogen and oxygen atoms in total. The van der Waals surface area contributed by atoms with Gasteiger partial charge in [0.25, 0.3) is 0 Å². The van der Waals surface area contributed by atoms with E-state index in [-0.39, 0.29) is 0 Å². The zero-order valence-electron chi connectivity index (χ0n) is 25.9. The minimum absolute atomic E-state index is 0.936. The van der Waals surface area contributed by atoms with E-state index < -0.39 is 0 Å². The van der Waals surface area contributed by atoms with E-state index in [0.717, 1.165) is 11.8 Å². The minimum Gasteiger partial charge on any atom is -0.0654 e. The fourth-order valence-electron chi connectivity index (χ4n) is 6.24. The Balaban J connectivity index is 2.54. The number of hydrogen-bond donors (Lipinski definition) is 0. The van der Waals surface area contributed by atoms with Gasteiger partial charge >= 0.3 is 0 Å². The van der Waals surface area contributed by atoms with Gasteiger partial charge in [-0.3, -0.25) is 0 Å². The predicted octanol–water partition coefficient (Wildman–Crippen LogP) is 13.3. The van der Waals surface area contributed by atoms with Crippen LogP contribution in [-0.2, 0) is 6.42 Å². The molecule has 2 atom stereocenters. The number of benzene rings is 1. The molecule has 0 fully saturated rings. The van der Waals surface area contributed by atoms with Gasteiger partial charge in [-0.25, -0.2) is 0 Å². The maximum atomic E-state index is 2.34. The average Bonchev–Trinajstić information content (AvgIpc) is 2.92. The van der Waals surface area contributed by atoms with E-state index in [0.29, 0.717) is 0 Å². The van der Waals surface area contributed by atoms with Crippen molar-refractivity contribution in [1.29, 1.82) is 0 Å². The van der Waals surface area contributed by atoms with Crippen molar-refractivity contribution in [2.24, 2.45) is 11.8 Å². The van der Waals surface area contributed by atoms with Gasteiger partial charge in [0.2, 0.25) is 0 Å². The van der Waals surface area contributed by atoms with E-state index in [1.54, 1.807) is 5.56 Å². The summed E-state index contributed by atoms with van der Waals surface area (Å²) in [4.78, 5) is 0. The molecule has 0 saturated heterocycles. The van der Waals surface area contributed by atoms with Gasteiger partial charge in [0.15, 0.2) is 0 Å². The second-order valence-corrected chi connectivity index (χ2v) is 12.4. The maximum absolute atomic E-state index is 2.34. The molecule has 0 aliphatic rings. The third-order valence-electron chi connectivity index (χ3n) is 8.75. The summed E-state index contributed by atoms with van der Waals surface area (Å²) in [5, 5.41) is 0. The highest BCUT2D eigenvalue weighted by Crippen LogP contribution is 2.31. The minimum atomic E-state index is 0.936. The summed E-state index contributed by atoms with van der Waals surface area (Å²) >= 11 is 0. The van der Waals surface area contributed by atoms with Crippen molar-refractivity contribution in [2.75, 3.05) is 0 Å². The molecular formula is C37H68. The summed E-state index contributed by atoms with van der Waals surface area (Å²) in [6, 6.07) is 11.3. The van der Waals surface area contributed by atoms with Crippen molar-refractivity contribution < 1.29 is 0 Å². The molecule has 0 aromatic heterocycles. The molecule has 0 amide bonds. The van der Waals surface area contributed by atoms with Crippen LogP contribution in [0.1, 0.15) is 187 Å². The number of aryl methyl sites for hydroxylation is 1. The van der Waals surface area contributed by atoms with Gasteiger partial charge in [0.05, 0.1) is 0 Å². The normalized spacial score (nSPS) is 13.2. The number of unbranched alkanes of at least 4 members (excludes halogenated alkanes) is 17. The fraction of sp³-hybridized carbons (Fsp3) is 0.838. The lowest BCUT2D eigenvalue weighted by Crippen LogP contribution is -2.11. The fourth-order valence-corrected chi connectivity index (χ4v) is 6.24. The van der Waals surface area contributed by atoms with Crippen LogP contribution in [0.15, 0.2) is 30.3 Å². The van der Waals surface area contributed by atoms with Crippen molar-refractivity contribution >= 4 is 0 Å². The van der Waals surface area contributed by atoms with E-state index in [2.05, 4.69) is 51.1 Å². The predicted molar refractivity (Wildman–Crippen MR) is 170 cm³/mol. The van der Waals surface area contributed by atoms with Gasteiger partial charge in [-0.15, -0.1) is 0 Å². The Morgan fingerprint density at radius 2 is 0.757 bits per heavy atom. The quantitative estimate of drug-likeness (QED) is 0.0979. The molecule has 0 N–H and O–H groups in total. The second kappa shape index (κ2) is 26.8. The van der Waals surface area contributed by atoms with Crippen LogP contribution < -0.4 is 0 Å². The molecule has 0 heterocycles. The molecule has 0 radical (unpaired) electrons. The highest BCUT2D eigenvalue weighted by Gasteiger charge is 2.17. The molecule has 216 valence electrons. The number of rotatable bonds is 28. The van der Waals surface area contributed by atoms with Crippen LogP contribution in [-0.4, -0.2) is 0 Å². The largest absolute Gasteiger partial charge is 0.0654 e. The van der Waals surface area contributed by atoms with E-state index >= 15 is 0 Å². The Morgan fingerprint density at radius 3 is 1.16 bits per heavy atom. The molecular weight excluding hydrogens is 444 g/mol. The zero-order chi connectivity index (χ0) is 26.7. The van der Waals surface area contributed by atoms with E-state index in [1.807, 2.05) is 0 Å². The highest BCUT2D eigenvalue weighted by atomic mass is 14.2. The standard InChI is InChI=1S/C37H68/c1-4-7-10-13-16-17-20-23-30-36(29-22-18-14-11-8-5-2)34-37(31-24-19-15-12-9-6-3)33-32-35-27-25-21-26-28-35/h21,25-28,36-37H,4-20,22-24,29-34H2,1-3H3. The SMILES string of the molecule is CCCCCCCCCCC(CCCCCCCC)CC(CCCCCCCC)CCc1ccccc1. The van der Waals surface area contributed by atoms with Crippen LogP contribution in [0.4, 0.5) is 0 Å². The smallest absolute Gasteiger partial charge is 0.0276 e. The molecule has 37 heavy (non-hydrogen) atoms. The molecule has 2 unspecified atom stereocenters. The first kappa shape index (κ1) is 34.2. The lowest BCUT2D eigenvalue weighted by Gasteiger charge is -2.24. The van der Waals surface area contributed by atoms with Gasteiger partial charge in [-0.05, 0) is 36.7 Å². The Labute approximate surface area is 235 Å². The van der Waals surface area contributed by atoms with Gasteiger partial charge in [0.1, 0.15) is 0 Å².